The normalized spacial score (nSPS) is 10.6. The standard InChI is InChI=1S/C30H31N5O3/c1-7-29(36)34-23-12-8-10-18(2)30(23)35-28-15-25(32-17-33-28)21-11-9-13-31-24(21)14-22-19(3)26(37-5)16-27(38-6)20(22)4/h7-13,15-17H,1,14H2,2-6H3,(H,34,36)(H,32,33,35). The van der Waals surface area contributed by atoms with Crippen LogP contribution >= 0.6 is 0 Å². The number of amides is 1. The van der Waals surface area contributed by atoms with Gasteiger partial charge >= 0.3 is 0 Å². The molecular formula is C30H31N5O3. The number of ether oxygens (including phenoxy) is 2. The van der Waals surface area contributed by atoms with Crippen LogP contribution in [-0.4, -0.2) is 35.1 Å². The molecule has 38 heavy (non-hydrogen) atoms. The molecule has 194 valence electrons. The molecule has 0 spiro atoms. The van der Waals surface area contributed by atoms with Crippen molar-refractivity contribution in [3.63, 3.8) is 0 Å². The van der Waals surface area contributed by atoms with Crippen molar-refractivity contribution in [1.29, 1.82) is 0 Å². The lowest BCUT2D eigenvalue weighted by molar-refractivity contribution is -0.111. The summed E-state index contributed by atoms with van der Waals surface area (Å²) in [5.41, 5.74) is 7.99. The Labute approximate surface area is 222 Å². The summed E-state index contributed by atoms with van der Waals surface area (Å²) in [5, 5.41) is 6.18. The van der Waals surface area contributed by atoms with E-state index in [2.05, 4.69) is 27.2 Å². The van der Waals surface area contributed by atoms with Crippen LogP contribution in [0.25, 0.3) is 11.3 Å². The van der Waals surface area contributed by atoms with E-state index < -0.39 is 0 Å². The van der Waals surface area contributed by atoms with Gasteiger partial charge < -0.3 is 20.1 Å². The molecule has 0 atom stereocenters. The number of nitrogens with one attached hydrogen (secondary N) is 2. The van der Waals surface area contributed by atoms with Crippen LogP contribution in [-0.2, 0) is 11.2 Å². The van der Waals surface area contributed by atoms with E-state index in [9.17, 15) is 4.79 Å². The van der Waals surface area contributed by atoms with Gasteiger partial charge in [-0.15, -0.1) is 0 Å². The summed E-state index contributed by atoms with van der Waals surface area (Å²) in [4.78, 5) is 25.6. The number of aryl methyl sites for hydroxylation is 1. The molecule has 4 rings (SSSR count). The topological polar surface area (TPSA) is 98.3 Å². The van der Waals surface area contributed by atoms with E-state index in [4.69, 9.17) is 14.5 Å². The van der Waals surface area contributed by atoms with Crippen molar-refractivity contribution in [2.45, 2.75) is 27.2 Å². The molecule has 0 bridgehead atoms. The van der Waals surface area contributed by atoms with Crippen LogP contribution in [0.5, 0.6) is 11.5 Å². The number of hydrogen-bond acceptors (Lipinski definition) is 7. The number of aromatic nitrogens is 3. The van der Waals surface area contributed by atoms with Crippen LogP contribution < -0.4 is 20.1 Å². The maximum atomic E-state index is 11.9. The quantitative estimate of drug-likeness (QED) is 0.269. The van der Waals surface area contributed by atoms with Gasteiger partial charge in [-0.25, -0.2) is 9.97 Å². The SMILES string of the molecule is C=CC(=O)Nc1cccc(C)c1Nc1cc(-c2cccnc2Cc2c(C)c(OC)cc(OC)c2C)ncn1. The molecule has 2 aromatic carbocycles. The molecular weight excluding hydrogens is 478 g/mol. The summed E-state index contributed by atoms with van der Waals surface area (Å²) >= 11 is 0. The number of benzene rings is 2. The van der Waals surface area contributed by atoms with Crippen LogP contribution in [0.2, 0.25) is 0 Å². The highest BCUT2D eigenvalue weighted by Gasteiger charge is 2.18. The summed E-state index contributed by atoms with van der Waals surface area (Å²) in [6.07, 6.45) is 5.10. The Balaban J connectivity index is 1.71. The van der Waals surface area contributed by atoms with Crippen molar-refractivity contribution >= 4 is 23.1 Å². The molecule has 4 aromatic rings. The van der Waals surface area contributed by atoms with E-state index in [0.717, 1.165) is 56.4 Å². The van der Waals surface area contributed by atoms with Gasteiger partial charge in [-0.05, 0) is 67.3 Å². The fraction of sp³-hybridized carbons (Fsp3) is 0.200. The summed E-state index contributed by atoms with van der Waals surface area (Å²) in [5.74, 6) is 1.84. The fourth-order valence-electron chi connectivity index (χ4n) is 4.41. The molecule has 2 aromatic heterocycles. The monoisotopic (exact) mass is 509 g/mol. The lowest BCUT2D eigenvalue weighted by Crippen LogP contribution is -2.10. The second-order valence-electron chi connectivity index (χ2n) is 8.79. The van der Waals surface area contributed by atoms with E-state index in [1.165, 1.54) is 12.4 Å². The van der Waals surface area contributed by atoms with Gasteiger partial charge in [-0.2, -0.15) is 0 Å². The van der Waals surface area contributed by atoms with Gasteiger partial charge in [0.05, 0.1) is 37.0 Å². The lowest BCUT2D eigenvalue weighted by Gasteiger charge is -2.18. The van der Waals surface area contributed by atoms with Crippen molar-refractivity contribution < 1.29 is 14.3 Å². The molecule has 0 radical (unpaired) electrons. The van der Waals surface area contributed by atoms with E-state index in [0.29, 0.717) is 17.9 Å². The van der Waals surface area contributed by atoms with Crippen LogP contribution in [0.1, 0.15) is 27.9 Å². The van der Waals surface area contributed by atoms with E-state index in [-0.39, 0.29) is 5.91 Å². The molecule has 8 nitrogen and oxygen atoms in total. The summed E-state index contributed by atoms with van der Waals surface area (Å²) < 4.78 is 11.2. The maximum Gasteiger partial charge on any atom is 0.247 e. The molecule has 8 heteroatoms. The first-order valence-corrected chi connectivity index (χ1v) is 12.1. The minimum Gasteiger partial charge on any atom is -0.496 e. The zero-order valence-corrected chi connectivity index (χ0v) is 22.3. The number of hydrogen-bond donors (Lipinski definition) is 2. The molecule has 2 heterocycles. The van der Waals surface area contributed by atoms with Gasteiger partial charge in [0.15, 0.2) is 0 Å². The first-order valence-electron chi connectivity index (χ1n) is 12.1. The van der Waals surface area contributed by atoms with Gasteiger partial charge in [0.1, 0.15) is 23.6 Å². The second-order valence-corrected chi connectivity index (χ2v) is 8.79. The molecule has 0 unspecified atom stereocenters. The Bertz CT molecular complexity index is 1470. The third kappa shape index (κ3) is 5.49. The van der Waals surface area contributed by atoms with Crippen LogP contribution in [0.15, 0.2) is 67.6 Å². The molecule has 0 aliphatic heterocycles. The number of pyridine rings is 1. The summed E-state index contributed by atoms with van der Waals surface area (Å²) in [6.45, 7) is 9.58. The van der Waals surface area contributed by atoms with E-state index in [1.54, 1.807) is 20.4 Å². The van der Waals surface area contributed by atoms with Crippen molar-refractivity contribution in [3.8, 4) is 22.8 Å². The highest BCUT2D eigenvalue weighted by molar-refractivity contribution is 6.01. The number of nitrogens with zero attached hydrogens (tertiary/aromatic N) is 3. The highest BCUT2D eigenvalue weighted by Crippen LogP contribution is 2.35. The Morgan fingerprint density at radius 3 is 2.39 bits per heavy atom. The molecule has 0 saturated heterocycles. The first-order chi connectivity index (χ1) is 18.4. The number of anilines is 3. The van der Waals surface area contributed by atoms with Gasteiger partial charge in [-0.3, -0.25) is 9.78 Å². The smallest absolute Gasteiger partial charge is 0.247 e. The van der Waals surface area contributed by atoms with Gasteiger partial charge in [0.2, 0.25) is 5.91 Å². The third-order valence-electron chi connectivity index (χ3n) is 6.49. The third-order valence-corrected chi connectivity index (χ3v) is 6.49. The predicted molar refractivity (Wildman–Crippen MR) is 150 cm³/mol. The zero-order chi connectivity index (χ0) is 27.2. The minimum absolute atomic E-state index is 0.290. The van der Waals surface area contributed by atoms with E-state index >= 15 is 0 Å². The van der Waals surface area contributed by atoms with Crippen LogP contribution in [0, 0.1) is 20.8 Å². The first kappa shape index (κ1) is 26.3. The largest absolute Gasteiger partial charge is 0.496 e. The molecule has 0 aliphatic carbocycles. The fourth-order valence-corrected chi connectivity index (χ4v) is 4.41. The zero-order valence-electron chi connectivity index (χ0n) is 22.3. The molecule has 1 amide bonds. The number of para-hydroxylation sites is 1. The van der Waals surface area contributed by atoms with Crippen molar-refractivity contribution in [2.75, 3.05) is 24.9 Å². The highest BCUT2D eigenvalue weighted by atomic mass is 16.5. The number of carbonyl (C=O) groups is 1. The van der Waals surface area contributed by atoms with E-state index in [1.807, 2.05) is 63.2 Å². The minimum atomic E-state index is -0.290. The molecule has 0 saturated carbocycles. The maximum absolute atomic E-state index is 11.9. The molecule has 0 aliphatic rings. The average molecular weight is 510 g/mol. The predicted octanol–water partition coefficient (Wildman–Crippen LogP) is 5.94. The summed E-state index contributed by atoms with van der Waals surface area (Å²) in [6, 6.07) is 13.3. The Kier molecular flexibility index (Phi) is 8.01. The Morgan fingerprint density at radius 1 is 0.974 bits per heavy atom. The number of carbonyl (C=O) groups excluding carboxylic acids is 1. The molecule has 0 fully saturated rings. The van der Waals surface area contributed by atoms with Gasteiger partial charge in [0, 0.05) is 30.3 Å². The van der Waals surface area contributed by atoms with Gasteiger partial charge in [-0.1, -0.05) is 18.7 Å². The van der Waals surface area contributed by atoms with Gasteiger partial charge in [0.25, 0.3) is 0 Å². The van der Waals surface area contributed by atoms with Crippen molar-refractivity contribution in [2.24, 2.45) is 0 Å². The van der Waals surface area contributed by atoms with Crippen molar-refractivity contribution in [3.05, 3.63) is 95.6 Å². The number of rotatable bonds is 9. The average Bonchev–Trinajstić information content (AvgIpc) is 2.93. The molecule has 2 N–H and O–H groups in total. The summed E-state index contributed by atoms with van der Waals surface area (Å²) in [7, 11) is 3.32. The van der Waals surface area contributed by atoms with Crippen molar-refractivity contribution in [1.82, 2.24) is 15.0 Å². The van der Waals surface area contributed by atoms with Crippen LogP contribution in [0.4, 0.5) is 17.2 Å². The Hall–Kier alpha value is -4.72. The second kappa shape index (κ2) is 11.6. The Morgan fingerprint density at radius 2 is 1.71 bits per heavy atom. The number of methoxy groups -OCH3 is 2. The van der Waals surface area contributed by atoms with Crippen LogP contribution in [0.3, 0.4) is 0 Å². The lowest BCUT2D eigenvalue weighted by atomic mass is 9.94.